The Kier molecular flexibility index (Phi) is 7.88. The molecule has 1 aliphatic heterocycles. The lowest BCUT2D eigenvalue weighted by atomic mass is 9.99. The van der Waals surface area contributed by atoms with Gasteiger partial charge in [0.05, 0.1) is 36.4 Å². The molecule has 0 atom stereocenters. The molecule has 0 aliphatic carbocycles. The first-order valence-corrected chi connectivity index (χ1v) is 12.5. The Bertz CT molecular complexity index is 1280. The minimum atomic E-state index is -0.950. The maximum absolute atomic E-state index is 13.8. The van der Waals surface area contributed by atoms with E-state index < -0.39 is 17.8 Å². The number of anilines is 1. The van der Waals surface area contributed by atoms with Crippen LogP contribution in [-0.4, -0.2) is 36.1 Å². The summed E-state index contributed by atoms with van der Waals surface area (Å²) in [6, 6.07) is 13.9. The number of unbranched alkanes of at least 4 members (excludes halogenated alkanes) is 3. The van der Waals surface area contributed by atoms with E-state index in [0.717, 1.165) is 47.8 Å². The molecular weight excluding hydrogens is 458 g/mol. The maximum Gasteiger partial charge on any atom is 0.307 e. The van der Waals surface area contributed by atoms with Crippen molar-refractivity contribution in [2.45, 2.75) is 52.4 Å². The van der Waals surface area contributed by atoms with Gasteiger partial charge in [0.25, 0.3) is 11.8 Å². The SMILES string of the molecule is CCCCCCOc1c2c(c(OCCC)c3ccccc13)C(=O)N(c1ccc(CC(=O)O)cc1)C2=O. The number of benzene rings is 3. The summed E-state index contributed by atoms with van der Waals surface area (Å²) in [6.45, 7) is 4.97. The lowest BCUT2D eigenvalue weighted by Gasteiger charge is -2.17. The minimum absolute atomic E-state index is 0.140. The second-order valence-electron chi connectivity index (χ2n) is 8.89. The first-order valence-electron chi connectivity index (χ1n) is 12.5. The van der Waals surface area contributed by atoms with E-state index in [1.807, 2.05) is 31.2 Å². The van der Waals surface area contributed by atoms with E-state index in [9.17, 15) is 14.4 Å². The monoisotopic (exact) mass is 489 g/mol. The van der Waals surface area contributed by atoms with Crippen molar-refractivity contribution in [1.29, 1.82) is 0 Å². The van der Waals surface area contributed by atoms with E-state index in [-0.39, 0.29) is 17.5 Å². The molecule has 0 aromatic heterocycles. The zero-order valence-electron chi connectivity index (χ0n) is 20.7. The number of ether oxygens (including phenoxy) is 2. The summed E-state index contributed by atoms with van der Waals surface area (Å²) in [5.41, 5.74) is 1.38. The molecule has 0 saturated carbocycles. The lowest BCUT2D eigenvalue weighted by molar-refractivity contribution is -0.136. The summed E-state index contributed by atoms with van der Waals surface area (Å²) in [7, 11) is 0. The number of fused-ring (bicyclic) bond motifs is 2. The van der Waals surface area contributed by atoms with Crippen molar-refractivity contribution in [2.24, 2.45) is 0 Å². The molecule has 7 nitrogen and oxygen atoms in total. The molecule has 0 radical (unpaired) electrons. The molecule has 0 unspecified atom stereocenters. The van der Waals surface area contributed by atoms with E-state index in [2.05, 4.69) is 6.92 Å². The van der Waals surface area contributed by atoms with Crippen LogP contribution in [0.25, 0.3) is 10.8 Å². The largest absolute Gasteiger partial charge is 0.492 e. The smallest absolute Gasteiger partial charge is 0.307 e. The third-order valence-electron chi connectivity index (χ3n) is 6.20. The van der Waals surface area contributed by atoms with E-state index in [0.29, 0.717) is 36.0 Å². The molecule has 36 heavy (non-hydrogen) atoms. The number of carbonyl (C=O) groups is 3. The zero-order chi connectivity index (χ0) is 25.7. The van der Waals surface area contributed by atoms with Gasteiger partial charge in [-0.1, -0.05) is 69.5 Å². The van der Waals surface area contributed by atoms with Crippen molar-refractivity contribution < 1.29 is 29.0 Å². The number of hydrogen-bond acceptors (Lipinski definition) is 5. The molecule has 0 fully saturated rings. The average Bonchev–Trinajstić information content (AvgIpc) is 3.13. The number of amides is 2. The second kappa shape index (κ2) is 11.2. The van der Waals surface area contributed by atoms with Crippen LogP contribution in [0.4, 0.5) is 5.69 Å². The van der Waals surface area contributed by atoms with Crippen LogP contribution in [0, 0.1) is 0 Å². The number of hydrogen-bond donors (Lipinski definition) is 1. The number of imide groups is 1. The van der Waals surface area contributed by atoms with Crippen LogP contribution in [0.1, 0.15) is 72.2 Å². The molecule has 188 valence electrons. The highest BCUT2D eigenvalue weighted by atomic mass is 16.5. The van der Waals surface area contributed by atoms with Crippen molar-refractivity contribution >= 4 is 34.2 Å². The van der Waals surface area contributed by atoms with Gasteiger partial charge < -0.3 is 14.6 Å². The highest BCUT2D eigenvalue weighted by Crippen LogP contribution is 2.46. The quantitative estimate of drug-likeness (QED) is 0.247. The Morgan fingerprint density at radius 1 is 0.778 bits per heavy atom. The summed E-state index contributed by atoms with van der Waals surface area (Å²) in [5, 5.41) is 10.5. The van der Waals surface area contributed by atoms with Crippen molar-refractivity contribution in [2.75, 3.05) is 18.1 Å². The zero-order valence-corrected chi connectivity index (χ0v) is 20.7. The molecule has 0 spiro atoms. The van der Waals surface area contributed by atoms with Gasteiger partial charge >= 0.3 is 5.97 Å². The lowest BCUT2D eigenvalue weighted by Crippen LogP contribution is -2.29. The molecule has 4 rings (SSSR count). The fraction of sp³-hybridized carbons (Fsp3) is 0.345. The third kappa shape index (κ3) is 4.91. The summed E-state index contributed by atoms with van der Waals surface area (Å²) in [5.74, 6) is -1.10. The van der Waals surface area contributed by atoms with Crippen LogP contribution in [0.5, 0.6) is 11.5 Å². The predicted octanol–water partition coefficient (Wildman–Crippen LogP) is 6.02. The van der Waals surface area contributed by atoms with Crippen molar-refractivity contribution in [3.63, 3.8) is 0 Å². The molecule has 7 heteroatoms. The van der Waals surface area contributed by atoms with Gasteiger partial charge in [-0.15, -0.1) is 0 Å². The molecule has 0 bridgehead atoms. The molecule has 3 aromatic carbocycles. The van der Waals surface area contributed by atoms with E-state index in [1.165, 1.54) is 0 Å². The van der Waals surface area contributed by atoms with E-state index in [4.69, 9.17) is 14.6 Å². The van der Waals surface area contributed by atoms with Crippen LogP contribution >= 0.6 is 0 Å². The van der Waals surface area contributed by atoms with E-state index in [1.54, 1.807) is 24.3 Å². The Morgan fingerprint density at radius 3 is 1.89 bits per heavy atom. The van der Waals surface area contributed by atoms with Crippen molar-refractivity contribution in [3.05, 3.63) is 65.2 Å². The van der Waals surface area contributed by atoms with Gasteiger partial charge in [0, 0.05) is 10.8 Å². The Balaban J connectivity index is 1.81. The van der Waals surface area contributed by atoms with Crippen LogP contribution < -0.4 is 14.4 Å². The van der Waals surface area contributed by atoms with Gasteiger partial charge in [-0.25, -0.2) is 4.90 Å². The first-order chi connectivity index (χ1) is 17.5. The van der Waals surface area contributed by atoms with Crippen molar-refractivity contribution in [1.82, 2.24) is 0 Å². The van der Waals surface area contributed by atoms with Gasteiger partial charge in [0.15, 0.2) is 0 Å². The Morgan fingerprint density at radius 2 is 1.36 bits per heavy atom. The molecule has 1 heterocycles. The van der Waals surface area contributed by atoms with Crippen LogP contribution in [0.2, 0.25) is 0 Å². The highest BCUT2D eigenvalue weighted by molar-refractivity contribution is 6.38. The molecule has 1 aliphatic rings. The number of aliphatic carboxylic acids is 1. The van der Waals surface area contributed by atoms with Gasteiger partial charge in [-0.3, -0.25) is 14.4 Å². The summed E-state index contributed by atoms with van der Waals surface area (Å²) in [6.07, 6.45) is 4.69. The number of carboxylic acid groups (broad SMARTS) is 1. The molecular formula is C29H31NO6. The second-order valence-corrected chi connectivity index (χ2v) is 8.89. The summed E-state index contributed by atoms with van der Waals surface area (Å²) < 4.78 is 12.3. The third-order valence-corrected chi connectivity index (χ3v) is 6.20. The van der Waals surface area contributed by atoms with Gasteiger partial charge in [0.1, 0.15) is 11.5 Å². The number of nitrogens with zero attached hydrogens (tertiary/aromatic N) is 1. The van der Waals surface area contributed by atoms with Gasteiger partial charge in [-0.05, 0) is 30.5 Å². The van der Waals surface area contributed by atoms with Crippen molar-refractivity contribution in [3.8, 4) is 11.5 Å². The normalized spacial score (nSPS) is 12.8. The predicted molar refractivity (Wildman–Crippen MR) is 138 cm³/mol. The van der Waals surface area contributed by atoms with Gasteiger partial charge in [0.2, 0.25) is 0 Å². The van der Waals surface area contributed by atoms with Crippen LogP contribution in [-0.2, 0) is 11.2 Å². The number of carboxylic acids is 1. The highest BCUT2D eigenvalue weighted by Gasteiger charge is 2.43. The number of carbonyl (C=O) groups excluding carboxylic acids is 2. The average molecular weight is 490 g/mol. The fourth-order valence-electron chi connectivity index (χ4n) is 4.48. The standard InChI is InChI=1S/C29H31NO6/c1-3-5-6-9-17-36-27-22-11-8-7-10-21(22)26(35-16-4-2)24-25(27)29(34)30(28(24)33)20-14-12-19(13-15-20)18-23(31)32/h7-8,10-15H,3-6,9,16-18H2,1-2H3,(H,31,32). The Labute approximate surface area is 210 Å². The van der Waals surface area contributed by atoms with Crippen LogP contribution in [0.3, 0.4) is 0 Å². The number of rotatable bonds is 12. The minimum Gasteiger partial charge on any atom is -0.492 e. The molecule has 0 saturated heterocycles. The molecule has 2 amide bonds. The first kappa shape index (κ1) is 25.2. The topological polar surface area (TPSA) is 93.1 Å². The summed E-state index contributed by atoms with van der Waals surface area (Å²) >= 11 is 0. The van der Waals surface area contributed by atoms with Gasteiger partial charge in [-0.2, -0.15) is 0 Å². The Hall–Kier alpha value is -3.87. The molecule has 1 N–H and O–H groups in total. The maximum atomic E-state index is 13.8. The molecule has 3 aromatic rings. The summed E-state index contributed by atoms with van der Waals surface area (Å²) in [4.78, 5) is 39.7. The van der Waals surface area contributed by atoms with Crippen LogP contribution in [0.15, 0.2) is 48.5 Å². The fourth-order valence-corrected chi connectivity index (χ4v) is 4.48. The van der Waals surface area contributed by atoms with E-state index >= 15 is 0 Å².